The molecule has 1 aromatic carbocycles. The zero-order chi connectivity index (χ0) is 10.6. The van der Waals surface area contributed by atoms with Crippen LogP contribution in [0, 0.1) is 6.92 Å². The predicted molar refractivity (Wildman–Crippen MR) is 65.8 cm³/mol. The summed E-state index contributed by atoms with van der Waals surface area (Å²) in [6.07, 6.45) is 2.41. The van der Waals surface area contributed by atoms with Gasteiger partial charge in [0.2, 0.25) is 0 Å². The van der Waals surface area contributed by atoms with Crippen molar-refractivity contribution in [3.8, 4) is 0 Å². The van der Waals surface area contributed by atoms with E-state index in [2.05, 4.69) is 39.0 Å². The maximum atomic E-state index is 6.02. The molecule has 0 radical (unpaired) electrons. The van der Waals surface area contributed by atoms with Crippen LogP contribution in [0.5, 0.6) is 0 Å². The molecule has 1 nitrogen and oxygen atoms in total. The molecule has 0 unspecified atom stereocenters. The molecule has 0 aliphatic rings. The van der Waals surface area contributed by atoms with Crippen LogP contribution in [0.4, 0.5) is 5.69 Å². The van der Waals surface area contributed by atoms with Crippen LogP contribution in [0.1, 0.15) is 32.3 Å². The van der Waals surface area contributed by atoms with Gasteiger partial charge < -0.3 is 5.73 Å². The number of hydrogen-bond acceptors (Lipinski definition) is 2. The van der Waals surface area contributed by atoms with Crippen molar-refractivity contribution in [2.45, 2.75) is 43.8 Å². The first-order valence-corrected chi connectivity index (χ1v) is 6.08. The lowest BCUT2D eigenvalue weighted by molar-refractivity contribution is 0.792. The Morgan fingerprint density at radius 2 is 1.93 bits per heavy atom. The predicted octanol–water partition coefficient (Wildman–Crippen LogP) is 3.86. The number of hydrogen-bond donors (Lipinski definition) is 1. The fourth-order valence-corrected chi connectivity index (χ4v) is 2.53. The molecule has 0 saturated carbocycles. The Kier molecular flexibility index (Phi) is 4.33. The third-order valence-corrected chi connectivity index (χ3v) is 4.10. The van der Waals surface area contributed by atoms with E-state index in [9.17, 15) is 0 Å². The molecule has 2 heteroatoms. The van der Waals surface area contributed by atoms with Crippen LogP contribution in [0.15, 0.2) is 23.1 Å². The molecule has 0 amide bonds. The van der Waals surface area contributed by atoms with Gasteiger partial charge >= 0.3 is 0 Å². The van der Waals surface area contributed by atoms with Gasteiger partial charge in [0.05, 0.1) is 0 Å². The number of nitrogen functional groups attached to an aromatic ring is 1. The fraction of sp³-hybridized carbons (Fsp3) is 0.500. The van der Waals surface area contributed by atoms with Gasteiger partial charge in [0.25, 0.3) is 0 Å². The van der Waals surface area contributed by atoms with Crippen molar-refractivity contribution in [2.75, 3.05) is 5.73 Å². The normalized spacial score (nSPS) is 10.9. The number of benzene rings is 1. The first kappa shape index (κ1) is 11.4. The third kappa shape index (κ3) is 2.68. The number of para-hydroxylation sites is 1. The summed E-state index contributed by atoms with van der Waals surface area (Å²) < 4.78 is 0. The van der Waals surface area contributed by atoms with Crippen molar-refractivity contribution < 1.29 is 0 Å². The Morgan fingerprint density at radius 3 is 2.50 bits per heavy atom. The SMILES string of the molecule is CCC(CC)Sc1cccc(C)c1N. The van der Waals surface area contributed by atoms with E-state index >= 15 is 0 Å². The first-order valence-electron chi connectivity index (χ1n) is 5.20. The molecule has 0 aliphatic heterocycles. The minimum Gasteiger partial charge on any atom is -0.398 e. The second kappa shape index (κ2) is 5.30. The lowest BCUT2D eigenvalue weighted by Crippen LogP contribution is -2.00. The monoisotopic (exact) mass is 209 g/mol. The molecular weight excluding hydrogens is 190 g/mol. The summed E-state index contributed by atoms with van der Waals surface area (Å²) in [6.45, 7) is 6.52. The molecule has 1 aromatic rings. The van der Waals surface area contributed by atoms with Crippen LogP contribution >= 0.6 is 11.8 Å². The Balaban J connectivity index is 2.80. The molecule has 0 fully saturated rings. The van der Waals surface area contributed by atoms with E-state index < -0.39 is 0 Å². The Hall–Kier alpha value is -0.630. The van der Waals surface area contributed by atoms with Crippen molar-refractivity contribution in [3.05, 3.63) is 23.8 Å². The zero-order valence-corrected chi connectivity index (χ0v) is 10.0. The Bertz CT molecular complexity index is 292. The molecule has 0 aliphatic carbocycles. The Morgan fingerprint density at radius 1 is 1.29 bits per heavy atom. The summed E-state index contributed by atoms with van der Waals surface area (Å²) in [7, 11) is 0. The van der Waals surface area contributed by atoms with E-state index in [0.29, 0.717) is 5.25 Å². The highest BCUT2D eigenvalue weighted by atomic mass is 32.2. The van der Waals surface area contributed by atoms with Crippen LogP contribution in [-0.2, 0) is 0 Å². The number of thioether (sulfide) groups is 1. The van der Waals surface area contributed by atoms with Gasteiger partial charge in [0.1, 0.15) is 0 Å². The third-order valence-electron chi connectivity index (χ3n) is 2.49. The van der Waals surface area contributed by atoms with Gasteiger partial charge in [0.15, 0.2) is 0 Å². The van der Waals surface area contributed by atoms with E-state index in [1.165, 1.54) is 23.3 Å². The molecule has 0 spiro atoms. The molecule has 1 rings (SSSR count). The van der Waals surface area contributed by atoms with Crippen molar-refractivity contribution >= 4 is 17.4 Å². The molecule has 0 bridgehead atoms. The van der Waals surface area contributed by atoms with Gasteiger partial charge in [-0.15, -0.1) is 11.8 Å². The molecule has 0 saturated heterocycles. The minimum atomic E-state index is 0.694. The summed E-state index contributed by atoms with van der Waals surface area (Å²) in [4.78, 5) is 1.23. The lowest BCUT2D eigenvalue weighted by atomic mass is 10.2. The summed E-state index contributed by atoms with van der Waals surface area (Å²) in [6, 6.07) is 6.26. The molecule has 14 heavy (non-hydrogen) atoms. The minimum absolute atomic E-state index is 0.694. The quantitative estimate of drug-likeness (QED) is 0.602. The second-order valence-corrected chi connectivity index (χ2v) is 4.89. The highest BCUT2D eigenvalue weighted by Gasteiger charge is 2.08. The second-order valence-electron chi connectivity index (χ2n) is 3.54. The number of rotatable bonds is 4. The van der Waals surface area contributed by atoms with Crippen LogP contribution in [-0.4, -0.2) is 5.25 Å². The summed E-state index contributed by atoms with van der Waals surface area (Å²) >= 11 is 1.90. The standard InChI is InChI=1S/C12H19NS/c1-4-10(5-2)14-11-8-6-7-9(3)12(11)13/h6-8,10H,4-5,13H2,1-3H3. The summed E-state index contributed by atoms with van der Waals surface area (Å²) in [5, 5.41) is 0.694. The molecular formula is C12H19NS. The zero-order valence-electron chi connectivity index (χ0n) is 9.21. The van der Waals surface area contributed by atoms with Crippen molar-refractivity contribution in [2.24, 2.45) is 0 Å². The highest BCUT2D eigenvalue weighted by molar-refractivity contribution is 8.00. The van der Waals surface area contributed by atoms with Crippen molar-refractivity contribution in [3.63, 3.8) is 0 Å². The van der Waals surface area contributed by atoms with E-state index in [0.717, 1.165) is 5.69 Å². The molecule has 0 heterocycles. The number of nitrogens with two attached hydrogens (primary N) is 1. The van der Waals surface area contributed by atoms with Crippen LogP contribution in [0.3, 0.4) is 0 Å². The van der Waals surface area contributed by atoms with Gasteiger partial charge in [-0.2, -0.15) is 0 Å². The molecule has 2 N–H and O–H groups in total. The van der Waals surface area contributed by atoms with E-state index in [1.54, 1.807) is 0 Å². The van der Waals surface area contributed by atoms with Gasteiger partial charge in [-0.05, 0) is 31.4 Å². The molecule has 0 aromatic heterocycles. The van der Waals surface area contributed by atoms with E-state index in [-0.39, 0.29) is 0 Å². The van der Waals surface area contributed by atoms with Gasteiger partial charge in [0, 0.05) is 15.8 Å². The van der Waals surface area contributed by atoms with Gasteiger partial charge in [-0.3, -0.25) is 0 Å². The molecule has 78 valence electrons. The van der Waals surface area contributed by atoms with Gasteiger partial charge in [-0.1, -0.05) is 26.0 Å². The first-order chi connectivity index (χ1) is 6.69. The van der Waals surface area contributed by atoms with Gasteiger partial charge in [-0.25, -0.2) is 0 Å². The summed E-state index contributed by atoms with van der Waals surface area (Å²) in [5.41, 5.74) is 8.15. The number of anilines is 1. The largest absolute Gasteiger partial charge is 0.398 e. The number of aryl methyl sites for hydroxylation is 1. The fourth-order valence-electron chi connectivity index (χ4n) is 1.39. The van der Waals surface area contributed by atoms with Crippen LogP contribution in [0.2, 0.25) is 0 Å². The maximum absolute atomic E-state index is 6.02. The van der Waals surface area contributed by atoms with Crippen molar-refractivity contribution in [1.29, 1.82) is 0 Å². The van der Waals surface area contributed by atoms with Crippen LogP contribution < -0.4 is 5.73 Å². The Labute approximate surface area is 91.1 Å². The average molecular weight is 209 g/mol. The highest BCUT2D eigenvalue weighted by Crippen LogP contribution is 2.33. The smallest absolute Gasteiger partial charge is 0.0482 e. The lowest BCUT2D eigenvalue weighted by Gasteiger charge is -2.14. The molecule has 0 atom stereocenters. The average Bonchev–Trinajstić information content (AvgIpc) is 2.20. The summed E-state index contributed by atoms with van der Waals surface area (Å²) in [5.74, 6) is 0. The van der Waals surface area contributed by atoms with E-state index in [1.807, 2.05) is 11.8 Å². The topological polar surface area (TPSA) is 26.0 Å². The maximum Gasteiger partial charge on any atom is 0.0482 e. The van der Waals surface area contributed by atoms with Crippen LogP contribution in [0.25, 0.3) is 0 Å². The van der Waals surface area contributed by atoms with E-state index in [4.69, 9.17) is 5.73 Å². The van der Waals surface area contributed by atoms with Crippen molar-refractivity contribution in [1.82, 2.24) is 0 Å².